The number of nitrogens with two attached hydrogens (primary N) is 1. The summed E-state index contributed by atoms with van der Waals surface area (Å²) in [6, 6.07) is 11.1. The van der Waals surface area contributed by atoms with Gasteiger partial charge in [-0.1, -0.05) is 18.2 Å². The fraction of sp³-hybridized carbons (Fsp3) is 0.208. The van der Waals surface area contributed by atoms with Crippen molar-refractivity contribution in [2.24, 2.45) is 11.1 Å². The normalized spacial score (nSPS) is 13.4. The van der Waals surface area contributed by atoms with Crippen LogP contribution < -0.4 is 5.14 Å². The lowest BCUT2D eigenvalue weighted by Crippen LogP contribution is -2.06. The maximum absolute atomic E-state index is 14.5. The van der Waals surface area contributed by atoms with Gasteiger partial charge >= 0.3 is 5.97 Å². The third kappa shape index (κ3) is 4.61. The summed E-state index contributed by atoms with van der Waals surface area (Å²) in [4.78, 5) is 16.0. The molecule has 5 rings (SSSR count). The zero-order valence-electron chi connectivity index (χ0n) is 17.9. The second-order valence-corrected chi connectivity index (χ2v) is 9.74. The molecular formula is C24H20F2N4O2S2. The number of carbonyl (C=O) groups is 1. The maximum Gasteiger partial charge on any atom is 0.355 e. The summed E-state index contributed by atoms with van der Waals surface area (Å²) in [5.74, 6) is -1.42. The fourth-order valence-corrected chi connectivity index (χ4v) is 5.01. The number of aromatic nitrogens is 3. The van der Waals surface area contributed by atoms with E-state index in [4.69, 9.17) is 10.2 Å². The predicted octanol–water partition coefficient (Wildman–Crippen LogP) is 5.48. The maximum atomic E-state index is 14.5. The van der Waals surface area contributed by atoms with Crippen molar-refractivity contribution in [3.63, 3.8) is 0 Å². The van der Waals surface area contributed by atoms with E-state index in [2.05, 4.69) is 4.98 Å². The second-order valence-electron chi connectivity index (χ2n) is 8.22. The lowest BCUT2D eigenvalue weighted by molar-refractivity contribution is 0.0691. The molecule has 2 aromatic heterocycles. The molecule has 0 radical (unpaired) electrons. The van der Waals surface area contributed by atoms with Gasteiger partial charge in [-0.2, -0.15) is 5.10 Å². The van der Waals surface area contributed by atoms with Crippen LogP contribution in [-0.2, 0) is 12.8 Å². The van der Waals surface area contributed by atoms with Crippen molar-refractivity contribution in [3.05, 3.63) is 82.0 Å². The highest BCUT2D eigenvalue weighted by atomic mass is 32.2. The van der Waals surface area contributed by atoms with Crippen molar-refractivity contribution in [2.75, 3.05) is 0 Å². The largest absolute Gasteiger partial charge is 0.476 e. The Hall–Kier alpha value is -3.08. The van der Waals surface area contributed by atoms with Crippen LogP contribution in [0.1, 0.15) is 40.2 Å². The summed E-state index contributed by atoms with van der Waals surface area (Å²) in [6.07, 6.45) is 3.28. The average molecular weight is 499 g/mol. The smallest absolute Gasteiger partial charge is 0.355 e. The predicted molar refractivity (Wildman–Crippen MR) is 127 cm³/mol. The van der Waals surface area contributed by atoms with Gasteiger partial charge in [0.05, 0.1) is 16.3 Å². The SMILES string of the molecule is NSc1ccc(Cc2c(-c3cccc(F)c3)nn(-c3nc(C(=O)O)cs3)c2CC2CC2)cc1F. The van der Waals surface area contributed by atoms with Crippen LogP contribution in [0.4, 0.5) is 8.78 Å². The summed E-state index contributed by atoms with van der Waals surface area (Å²) in [5.41, 5.74) is 3.56. The van der Waals surface area contributed by atoms with E-state index in [1.165, 1.54) is 34.9 Å². The average Bonchev–Trinajstić information content (AvgIpc) is 3.37. The highest BCUT2D eigenvalue weighted by molar-refractivity contribution is 7.97. The van der Waals surface area contributed by atoms with E-state index in [1.807, 2.05) is 6.07 Å². The van der Waals surface area contributed by atoms with Gasteiger partial charge in [0, 0.05) is 22.9 Å². The molecule has 0 spiro atoms. The Morgan fingerprint density at radius 3 is 2.71 bits per heavy atom. The summed E-state index contributed by atoms with van der Waals surface area (Å²) >= 11 is 2.03. The molecule has 3 N–H and O–H groups in total. The molecule has 4 aromatic rings. The first-order valence-electron chi connectivity index (χ1n) is 10.6. The molecule has 0 bridgehead atoms. The Bertz CT molecular complexity index is 1380. The first-order chi connectivity index (χ1) is 16.4. The van der Waals surface area contributed by atoms with Gasteiger partial charge < -0.3 is 5.11 Å². The van der Waals surface area contributed by atoms with Crippen LogP contribution in [0.2, 0.25) is 0 Å². The first-order valence-corrected chi connectivity index (χ1v) is 12.4. The zero-order valence-corrected chi connectivity index (χ0v) is 19.5. The molecule has 174 valence electrons. The highest BCUT2D eigenvalue weighted by Gasteiger charge is 2.29. The Morgan fingerprint density at radius 1 is 1.24 bits per heavy atom. The van der Waals surface area contributed by atoms with Gasteiger partial charge in [0.2, 0.25) is 5.13 Å². The second kappa shape index (κ2) is 9.28. The van der Waals surface area contributed by atoms with Crippen molar-refractivity contribution in [1.82, 2.24) is 14.8 Å². The van der Waals surface area contributed by atoms with E-state index < -0.39 is 11.8 Å². The van der Waals surface area contributed by atoms with Crippen molar-refractivity contribution in [2.45, 2.75) is 30.6 Å². The summed E-state index contributed by atoms with van der Waals surface area (Å²) in [5, 5.41) is 21.5. The zero-order chi connectivity index (χ0) is 23.8. The van der Waals surface area contributed by atoms with Crippen LogP contribution in [0.3, 0.4) is 0 Å². The molecule has 10 heteroatoms. The van der Waals surface area contributed by atoms with E-state index >= 15 is 0 Å². The minimum absolute atomic E-state index is 0.0568. The van der Waals surface area contributed by atoms with Gasteiger partial charge in [-0.15, -0.1) is 11.3 Å². The summed E-state index contributed by atoms with van der Waals surface area (Å²) < 4.78 is 30.3. The van der Waals surface area contributed by atoms with E-state index in [9.17, 15) is 18.7 Å². The number of aromatic carboxylic acids is 1. The van der Waals surface area contributed by atoms with E-state index in [-0.39, 0.29) is 11.5 Å². The monoisotopic (exact) mass is 498 g/mol. The molecule has 1 saturated carbocycles. The minimum atomic E-state index is -1.11. The number of hydrogen-bond acceptors (Lipinski definition) is 6. The molecule has 6 nitrogen and oxygen atoms in total. The van der Waals surface area contributed by atoms with Gasteiger partial charge in [0.15, 0.2) is 5.69 Å². The third-order valence-corrected chi connectivity index (χ3v) is 7.16. The van der Waals surface area contributed by atoms with Gasteiger partial charge in [-0.3, -0.25) is 5.14 Å². The molecule has 0 unspecified atom stereocenters. The number of benzene rings is 2. The quantitative estimate of drug-likeness (QED) is 0.313. The number of hydrogen-bond donors (Lipinski definition) is 2. The molecule has 1 aliphatic carbocycles. The van der Waals surface area contributed by atoms with Crippen LogP contribution in [0, 0.1) is 17.6 Å². The number of nitrogens with zero attached hydrogens (tertiary/aromatic N) is 3. The van der Waals surface area contributed by atoms with Crippen molar-refractivity contribution < 1.29 is 18.7 Å². The van der Waals surface area contributed by atoms with Crippen LogP contribution in [0.25, 0.3) is 16.4 Å². The number of carboxylic acid groups (broad SMARTS) is 1. The molecule has 0 aliphatic heterocycles. The van der Waals surface area contributed by atoms with Crippen molar-refractivity contribution >= 4 is 29.3 Å². The van der Waals surface area contributed by atoms with Crippen LogP contribution in [0.15, 0.2) is 52.7 Å². The molecule has 34 heavy (non-hydrogen) atoms. The van der Waals surface area contributed by atoms with Gasteiger partial charge in [0.25, 0.3) is 0 Å². The van der Waals surface area contributed by atoms with E-state index in [0.717, 1.165) is 48.0 Å². The number of halogens is 2. The highest BCUT2D eigenvalue weighted by Crippen LogP contribution is 2.38. The third-order valence-electron chi connectivity index (χ3n) is 5.76. The van der Waals surface area contributed by atoms with Crippen LogP contribution in [-0.4, -0.2) is 25.8 Å². The van der Waals surface area contributed by atoms with Gasteiger partial charge in [-0.25, -0.2) is 23.2 Å². The molecule has 1 fully saturated rings. The van der Waals surface area contributed by atoms with E-state index in [0.29, 0.717) is 33.6 Å². The van der Waals surface area contributed by atoms with Gasteiger partial charge in [0.1, 0.15) is 11.6 Å². The Labute approximate surface area is 202 Å². The molecule has 0 amide bonds. The van der Waals surface area contributed by atoms with E-state index in [1.54, 1.807) is 22.9 Å². The van der Waals surface area contributed by atoms with Crippen LogP contribution in [0.5, 0.6) is 0 Å². The van der Waals surface area contributed by atoms with Crippen molar-refractivity contribution in [3.8, 4) is 16.4 Å². The summed E-state index contributed by atoms with van der Waals surface area (Å²) in [6.45, 7) is 0. The molecule has 0 atom stereocenters. The lowest BCUT2D eigenvalue weighted by Gasteiger charge is -2.09. The minimum Gasteiger partial charge on any atom is -0.476 e. The number of thiazole rings is 1. The fourth-order valence-electron chi connectivity index (χ4n) is 3.92. The Kier molecular flexibility index (Phi) is 6.20. The first kappa shape index (κ1) is 22.7. The molecule has 2 aromatic carbocycles. The Balaban J connectivity index is 1.68. The molecular weight excluding hydrogens is 478 g/mol. The molecule has 0 saturated heterocycles. The van der Waals surface area contributed by atoms with Crippen molar-refractivity contribution in [1.29, 1.82) is 0 Å². The molecule has 2 heterocycles. The van der Waals surface area contributed by atoms with Gasteiger partial charge in [-0.05, 0) is 67.0 Å². The number of rotatable bonds is 8. The molecule has 1 aliphatic rings. The standard InChI is InChI=1S/C24H20F2N4O2S2/c25-16-3-1-2-15(11-16)22-17(8-14-6-7-21(34-27)18(26)9-14)20(10-13-4-5-13)30(29-22)24-28-19(12-33-24)23(31)32/h1-3,6-7,9,11-13H,4-5,8,10,27H2,(H,31,32). The number of carboxylic acids is 1. The lowest BCUT2D eigenvalue weighted by atomic mass is 9.97. The Morgan fingerprint density at radius 2 is 2.06 bits per heavy atom. The topological polar surface area (TPSA) is 94.0 Å². The van der Waals surface area contributed by atoms with Crippen LogP contribution >= 0.6 is 23.3 Å². The summed E-state index contributed by atoms with van der Waals surface area (Å²) in [7, 11) is 0.